The van der Waals surface area contributed by atoms with Crippen LogP contribution in [-0.4, -0.2) is 15.5 Å². The third-order valence-electron chi connectivity index (χ3n) is 3.15. The highest BCUT2D eigenvalue weighted by Gasteiger charge is 2.14. The molecule has 0 aliphatic rings. The van der Waals surface area contributed by atoms with Gasteiger partial charge in [0.05, 0.1) is 11.0 Å². The topological polar surface area (TPSA) is 72.9 Å². The van der Waals surface area contributed by atoms with Crippen LogP contribution in [0.1, 0.15) is 0 Å². The van der Waals surface area contributed by atoms with E-state index in [1.807, 2.05) is 59.2 Å². The molecule has 2 aromatic carbocycles. The first-order chi connectivity index (χ1) is 9.79. The normalized spacial score (nSPS) is 10.7. The number of nitrogens with two attached hydrogens (primary N) is 1. The first-order valence-corrected chi connectivity index (χ1v) is 6.30. The Bertz CT molecular complexity index is 749. The van der Waals surface area contributed by atoms with Crippen molar-refractivity contribution in [3.8, 4) is 11.4 Å². The molecular formula is C15H14N4O. The molecule has 20 heavy (non-hydrogen) atoms. The van der Waals surface area contributed by atoms with E-state index in [9.17, 15) is 4.79 Å². The molecule has 0 saturated heterocycles. The molecule has 0 spiro atoms. The quantitative estimate of drug-likeness (QED) is 0.430. The van der Waals surface area contributed by atoms with Gasteiger partial charge >= 0.3 is 0 Å². The standard InChI is InChI=1S/C15H14N4O/c16-18-14(20)10-19-13-9-5-4-8-12(13)17-15(19)11-6-2-1-3-7-11/h1-9H,10,16H2,(H,18,20). The number of benzene rings is 2. The fraction of sp³-hybridized carbons (Fsp3) is 0.0667. The third-order valence-corrected chi connectivity index (χ3v) is 3.15. The molecule has 5 heteroatoms. The number of hydrogen-bond donors (Lipinski definition) is 2. The van der Waals surface area contributed by atoms with Gasteiger partial charge in [-0.25, -0.2) is 10.8 Å². The van der Waals surface area contributed by atoms with E-state index in [0.717, 1.165) is 22.4 Å². The molecule has 3 N–H and O–H groups in total. The monoisotopic (exact) mass is 266 g/mol. The van der Waals surface area contributed by atoms with E-state index in [2.05, 4.69) is 10.4 Å². The molecule has 0 saturated carbocycles. The molecule has 3 aromatic rings. The van der Waals surface area contributed by atoms with Crippen molar-refractivity contribution in [3.63, 3.8) is 0 Å². The van der Waals surface area contributed by atoms with E-state index in [0.29, 0.717) is 0 Å². The number of nitrogens with one attached hydrogen (secondary N) is 1. The van der Waals surface area contributed by atoms with Gasteiger partial charge in [0, 0.05) is 5.56 Å². The van der Waals surface area contributed by atoms with Crippen LogP contribution < -0.4 is 11.3 Å². The van der Waals surface area contributed by atoms with E-state index >= 15 is 0 Å². The highest BCUT2D eigenvalue weighted by Crippen LogP contribution is 2.24. The van der Waals surface area contributed by atoms with Gasteiger partial charge in [-0.2, -0.15) is 0 Å². The zero-order chi connectivity index (χ0) is 13.9. The molecule has 1 heterocycles. The van der Waals surface area contributed by atoms with Crippen molar-refractivity contribution in [2.75, 3.05) is 0 Å². The Kier molecular flexibility index (Phi) is 3.18. The first kappa shape index (κ1) is 12.4. The summed E-state index contributed by atoms with van der Waals surface area (Å²) >= 11 is 0. The van der Waals surface area contributed by atoms with Gasteiger partial charge in [-0.05, 0) is 12.1 Å². The maximum absolute atomic E-state index is 11.6. The number of carbonyl (C=O) groups excluding carboxylic acids is 1. The summed E-state index contributed by atoms with van der Waals surface area (Å²) in [5.74, 6) is 5.69. The lowest BCUT2D eigenvalue weighted by molar-refractivity contribution is -0.121. The fourth-order valence-electron chi connectivity index (χ4n) is 2.23. The number of carbonyl (C=O) groups is 1. The summed E-state index contributed by atoms with van der Waals surface area (Å²) in [4.78, 5) is 16.2. The number of rotatable bonds is 3. The average molecular weight is 266 g/mol. The fourth-order valence-corrected chi connectivity index (χ4v) is 2.23. The number of fused-ring (bicyclic) bond motifs is 1. The van der Waals surface area contributed by atoms with E-state index in [-0.39, 0.29) is 12.5 Å². The second-order valence-electron chi connectivity index (χ2n) is 4.44. The third kappa shape index (κ3) is 2.15. The maximum atomic E-state index is 11.6. The highest BCUT2D eigenvalue weighted by atomic mass is 16.2. The smallest absolute Gasteiger partial charge is 0.253 e. The van der Waals surface area contributed by atoms with Crippen LogP contribution in [0, 0.1) is 0 Å². The van der Waals surface area contributed by atoms with Gasteiger partial charge in [0.2, 0.25) is 0 Å². The first-order valence-electron chi connectivity index (χ1n) is 6.30. The van der Waals surface area contributed by atoms with Crippen molar-refractivity contribution in [2.24, 2.45) is 5.84 Å². The van der Waals surface area contributed by atoms with Gasteiger partial charge in [0.25, 0.3) is 5.91 Å². The van der Waals surface area contributed by atoms with E-state index in [4.69, 9.17) is 5.84 Å². The molecule has 1 aromatic heterocycles. The Labute approximate surface area is 116 Å². The lowest BCUT2D eigenvalue weighted by Gasteiger charge is -2.08. The Morgan fingerprint density at radius 1 is 1.10 bits per heavy atom. The number of para-hydroxylation sites is 2. The van der Waals surface area contributed by atoms with Crippen LogP contribution in [0.15, 0.2) is 54.6 Å². The van der Waals surface area contributed by atoms with Crippen LogP contribution in [0.4, 0.5) is 0 Å². The predicted octanol–water partition coefficient (Wildman–Crippen LogP) is 1.69. The highest BCUT2D eigenvalue weighted by molar-refractivity contribution is 5.84. The molecule has 0 unspecified atom stereocenters. The summed E-state index contributed by atoms with van der Waals surface area (Å²) in [6, 6.07) is 17.5. The van der Waals surface area contributed by atoms with Gasteiger partial charge in [-0.3, -0.25) is 10.2 Å². The Morgan fingerprint density at radius 3 is 2.55 bits per heavy atom. The number of hydrogen-bond acceptors (Lipinski definition) is 3. The Hall–Kier alpha value is -2.66. The summed E-state index contributed by atoms with van der Waals surface area (Å²) in [6.07, 6.45) is 0. The van der Waals surface area contributed by atoms with Gasteiger partial charge in [0.1, 0.15) is 12.4 Å². The molecule has 0 atom stereocenters. The number of aromatic nitrogens is 2. The summed E-state index contributed by atoms with van der Waals surface area (Å²) in [5, 5.41) is 0. The van der Waals surface area contributed by atoms with Crippen molar-refractivity contribution in [2.45, 2.75) is 6.54 Å². The van der Waals surface area contributed by atoms with Crippen LogP contribution in [0.25, 0.3) is 22.4 Å². The van der Waals surface area contributed by atoms with Crippen LogP contribution in [0.3, 0.4) is 0 Å². The zero-order valence-corrected chi connectivity index (χ0v) is 10.8. The van der Waals surface area contributed by atoms with E-state index in [1.165, 1.54) is 0 Å². The largest absolute Gasteiger partial charge is 0.314 e. The second-order valence-corrected chi connectivity index (χ2v) is 4.44. The van der Waals surface area contributed by atoms with Crippen LogP contribution in [0.2, 0.25) is 0 Å². The van der Waals surface area contributed by atoms with Crippen LogP contribution in [0.5, 0.6) is 0 Å². The van der Waals surface area contributed by atoms with Crippen molar-refractivity contribution < 1.29 is 4.79 Å². The zero-order valence-electron chi connectivity index (χ0n) is 10.8. The van der Waals surface area contributed by atoms with Gasteiger partial charge in [-0.15, -0.1) is 0 Å². The van der Waals surface area contributed by atoms with E-state index < -0.39 is 0 Å². The summed E-state index contributed by atoms with van der Waals surface area (Å²) in [6.45, 7) is 0.140. The van der Waals surface area contributed by atoms with Gasteiger partial charge in [-0.1, -0.05) is 42.5 Å². The maximum Gasteiger partial charge on any atom is 0.253 e. The summed E-state index contributed by atoms with van der Waals surface area (Å²) in [7, 11) is 0. The van der Waals surface area contributed by atoms with Crippen molar-refractivity contribution in [3.05, 3.63) is 54.6 Å². The Balaban J connectivity index is 2.20. The minimum absolute atomic E-state index is 0.140. The predicted molar refractivity (Wildman–Crippen MR) is 77.5 cm³/mol. The molecule has 100 valence electrons. The summed E-state index contributed by atoms with van der Waals surface area (Å²) in [5.41, 5.74) is 4.89. The minimum atomic E-state index is -0.259. The number of imidazole rings is 1. The SMILES string of the molecule is NNC(=O)Cn1c(-c2ccccc2)nc2ccccc21. The van der Waals surface area contributed by atoms with Crippen molar-refractivity contribution >= 4 is 16.9 Å². The molecular weight excluding hydrogens is 252 g/mol. The number of nitrogens with zero attached hydrogens (tertiary/aromatic N) is 2. The molecule has 3 rings (SSSR count). The van der Waals surface area contributed by atoms with E-state index in [1.54, 1.807) is 0 Å². The molecule has 0 fully saturated rings. The van der Waals surface area contributed by atoms with Crippen molar-refractivity contribution in [1.29, 1.82) is 0 Å². The molecule has 1 amide bonds. The van der Waals surface area contributed by atoms with Crippen molar-refractivity contribution in [1.82, 2.24) is 15.0 Å². The Morgan fingerprint density at radius 2 is 1.80 bits per heavy atom. The average Bonchev–Trinajstić information content (AvgIpc) is 2.87. The lowest BCUT2D eigenvalue weighted by Crippen LogP contribution is -2.33. The van der Waals surface area contributed by atoms with Crippen LogP contribution in [-0.2, 0) is 11.3 Å². The molecule has 0 aliphatic carbocycles. The van der Waals surface area contributed by atoms with Gasteiger partial charge in [0.15, 0.2) is 0 Å². The van der Waals surface area contributed by atoms with Gasteiger partial charge < -0.3 is 4.57 Å². The van der Waals surface area contributed by atoms with Crippen LogP contribution >= 0.6 is 0 Å². The minimum Gasteiger partial charge on any atom is -0.314 e. The number of hydrazine groups is 1. The summed E-state index contributed by atoms with van der Waals surface area (Å²) < 4.78 is 1.87. The molecule has 0 radical (unpaired) electrons. The second kappa shape index (κ2) is 5.14. The molecule has 0 bridgehead atoms. The molecule has 5 nitrogen and oxygen atoms in total. The lowest BCUT2D eigenvalue weighted by atomic mass is 10.2. The number of amides is 1. The molecule has 0 aliphatic heterocycles.